The molecule has 2 aromatic carbocycles. The number of fused-ring (bicyclic) bond motifs is 3. The Morgan fingerprint density at radius 3 is 2.46 bits per heavy atom. The lowest BCUT2D eigenvalue weighted by molar-refractivity contribution is 0.0952. The maximum absolute atomic E-state index is 13.8. The minimum Gasteiger partial charge on any atom is -0.371 e. The van der Waals surface area contributed by atoms with E-state index in [4.69, 9.17) is 0 Å². The standard InChI is InChI=1S/C32H29N5O3S/c38-30(25-19-33-14-12-26(25)36-15-3-16-36)34-22-8-6-20(7-9-22)32(40)37-17-13-21-18-28(31(39)35-23-10-11-23)41-29(21)24-4-1-2-5-27(24)37/h1-2,4-9,12,14,18-19,23H,3,10-11,13,15-17H2,(H,34,38)(H,35,39). The highest BCUT2D eigenvalue weighted by molar-refractivity contribution is 7.17. The Kier molecular flexibility index (Phi) is 6.51. The second-order valence-corrected chi connectivity index (χ2v) is 11.8. The van der Waals surface area contributed by atoms with Crippen molar-refractivity contribution in [2.24, 2.45) is 0 Å². The van der Waals surface area contributed by atoms with Gasteiger partial charge in [0.25, 0.3) is 17.7 Å². The Bertz CT molecular complexity index is 1660. The van der Waals surface area contributed by atoms with E-state index in [2.05, 4.69) is 20.5 Å². The zero-order valence-electron chi connectivity index (χ0n) is 22.4. The molecule has 2 aromatic heterocycles. The second kappa shape index (κ2) is 10.5. The number of pyridine rings is 1. The number of benzene rings is 2. The summed E-state index contributed by atoms with van der Waals surface area (Å²) in [4.78, 5) is 49.4. The fraction of sp³-hybridized carbons (Fsp3) is 0.250. The third kappa shape index (κ3) is 4.97. The molecular formula is C32H29N5O3S. The summed E-state index contributed by atoms with van der Waals surface area (Å²) in [5, 5.41) is 6.03. The quantitative estimate of drug-likeness (QED) is 0.329. The highest BCUT2D eigenvalue weighted by atomic mass is 32.1. The predicted molar refractivity (Wildman–Crippen MR) is 161 cm³/mol. The van der Waals surface area contributed by atoms with E-state index in [1.165, 1.54) is 11.3 Å². The van der Waals surface area contributed by atoms with Crippen molar-refractivity contribution in [2.45, 2.75) is 31.7 Å². The number of hydrogen-bond donors (Lipinski definition) is 2. The number of aromatic nitrogens is 1. The SMILES string of the molecule is O=C(NC1CC1)c1cc2c(s1)-c1ccccc1N(C(=O)c1ccc(NC(=O)c3cnccc3N3CCC3)cc1)CC2. The third-order valence-corrected chi connectivity index (χ3v) is 9.07. The van der Waals surface area contributed by atoms with Crippen LogP contribution < -0.4 is 20.4 Å². The predicted octanol–water partition coefficient (Wildman–Crippen LogP) is 5.37. The van der Waals surface area contributed by atoms with Gasteiger partial charge in [0.15, 0.2) is 0 Å². The van der Waals surface area contributed by atoms with Gasteiger partial charge in [-0.3, -0.25) is 19.4 Å². The van der Waals surface area contributed by atoms with Crippen molar-refractivity contribution in [3.63, 3.8) is 0 Å². The van der Waals surface area contributed by atoms with Crippen molar-refractivity contribution in [3.05, 3.63) is 94.6 Å². The van der Waals surface area contributed by atoms with Crippen molar-refractivity contribution in [1.29, 1.82) is 0 Å². The number of anilines is 3. The Hall–Kier alpha value is -4.50. The van der Waals surface area contributed by atoms with E-state index in [1.54, 1.807) is 36.7 Å². The lowest BCUT2D eigenvalue weighted by Gasteiger charge is -2.34. The molecule has 2 N–H and O–H groups in total. The van der Waals surface area contributed by atoms with Crippen LogP contribution >= 0.6 is 11.3 Å². The average Bonchev–Trinajstić information content (AvgIpc) is 3.71. The van der Waals surface area contributed by atoms with Gasteiger partial charge >= 0.3 is 0 Å². The van der Waals surface area contributed by atoms with Gasteiger partial charge in [-0.2, -0.15) is 0 Å². The first-order valence-electron chi connectivity index (χ1n) is 14.0. The fourth-order valence-electron chi connectivity index (χ4n) is 5.35. The number of rotatable bonds is 6. The molecule has 206 valence electrons. The summed E-state index contributed by atoms with van der Waals surface area (Å²) < 4.78 is 0. The lowest BCUT2D eigenvalue weighted by atomic mass is 10.1. The van der Waals surface area contributed by atoms with Crippen molar-refractivity contribution in [3.8, 4) is 10.4 Å². The Balaban J connectivity index is 1.09. The summed E-state index contributed by atoms with van der Waals surface area (Å²) >= 11 is 1.49. The smallest absolute Gasteiger partial charge is 0.261 e. The van der Waals surface area contributed by atoms with Crippen LogP contribution in [0.15, 0.2) is 73.1 Å². The highest BCUT2D eigenvalue weighted by Crippen LogP contribution is 2.42. The Morgan fingerprint density at radius 1 is 0.902 bits per heavy atom. The van der Waals surface area contributed by atoms with Gasteiger partial charge in [0.05, 0.1) is 21.8 Å². The molecule has 0 unspecified atom stereocenters. The minimum absolute atomic E-state index is 0.0107. The first kappa shape index (κ1) is 25.5. The molecule has 0 spiro atoms. The molecule has 41 heavy (non-hydrogen) atoms. The van der Waals surface area contributed by atoms with E-state index >= 15 is 0 Å². The number of carbonyl (C=O) groups is 3. The average molecular weight is 564 g/mol. The lowest BCUT2D eigenvalue weighted by Crippen LogP contribution is -2.38. The van der Waals surface area contributed by atoms with Gasteiger partial charge in [-0.1, -0.05) is 18.2 Å². The summed E-state index contributed by atoms with van der Waals surface area (Å²) in [6.07, 6.45) is 7.17. The molecular weight excluding hydrogens is 534 g/mol. The highest BCUT2D eigenvalue weighted by Gasteiger charge is 2.29. The Labute approximate surface area is 242 Å². The fourth-order valence-corrected chi connectivity index (χ4v) is 6.50. The van der Waals surface area contributed by atoms with Crippen LogP contribution in [0.4, 0.5) is 17.1 Å². The van der Waals surface area contributed by atoms with Crippen molar-refractivity contribution >= 4 is 46.1 Å². The van der Waals surface area contributed by atoms with Gasteiger partial charge in [0.2, 0.25) is 0 Å². The van der Waals surface area contributed by atoms with Gasteiger partial charge in [0, 0.05) is 59.8 Å². The van der Waals surface area contributed by atoms with Gasteiger partial charge in [-0.15, -0.1) is 11.3 Å². The van der Waals surface area contributed by atoms with Crippen molar-refractivity contribution in [1.82, 2.24) is 10.3 Å². The van der Waals surface area contributed by atoms with Crippen LogP contribution in [0.25, 0.3) is 10.4 Å². The molecule has 1 saturated heterocycles. The molecule has 1 saturated carbocycles. The van der Waals surface area contributed by atoms with Crippen LogP contribution in [0.1, 0.15) is 55.2 Å². The summed E-state index contributed by atoms with van der Waals surface area (Å²) in [7, 11) is 0. The van der Waals surface area contributed by atoms with Crippen LogP contribution in [-0.4, -0.2) is 48.4 Å². The van der Waals surface area contributed by atoms with E-state index in [-0.39, 0.29) is 17.7 Å². The van der Waals surface area contributed by atoms with E-state index < -0.39 is 0 Å². The zero-order chi connectivity index (χ0) is 27.9. The van der Waals surface area contributed by atoms with Crippen LogP contribution in [-0.2, 0) is 6.42 Å². The van der Waals surface area contributed by atoms with E-state index in [1.807, 2.05) is 41.3 Å². The molecule has 2 aliphatic heterocycles. The van der Waals surface area contributed by atoms with Crippen LogP contribution in [0.2, 0.25) is 0 Å². The molecule has 0 bridgehead atoms. The number of carbonyl (C=O) groups excluding carboxylic acids is 3. The Morgan fingerprint density at radius 2 is 1.71 bits per heavy atom. The number of thiophene rings is 1. The zero-order valence-corrected chi connectivity index (χ0v) is 23.2. The van der Waals surface area contributed by atoms with Gasteiger partial charge in [-0.05, 0) is 73.7 Å². The minimum atomic E-state index is -0.225. The number of amides is 3. The first-order valence-corrected chi connectivity index (χ1v) is 14.8. The number of hydrogen-bond acceptors (Lipinski definition) is 6. The first-order chi connectivity index (χ1) is 20.0. The van der Waals surface area contributed by atoms with Crippen LogP contribution in [0.3, 0.4) is 0 Å². The molecule has 1 aliphatic carbocycles. The van der Waals surface area contributed by atoms with Gasteiger partial charge in [-0.25, -0.2) is 0 Å². The maximum Gasteiger partial charge on any atom is 0.261 e. The van der Waals surface area contributed by atoms with Crippen molar-refractivity contribution in [2.75, 3.05) is 34.8 Å². The largest absolute Gasteiger partial charge is 0.371 e. The normalized spacial score (nSPS) is 15.7. The summed E-state index contributed by atoms with van der Waals surface area (Å²) in [6.45, 7) is 2.37. The molecule has 4 heterocycles. The molecule has 0 radical (unpaired) electrons. The molecule has 7 rings (SSSR count). The molecule has 9 heteroatoms. The molecule has 8 nitrogen and oxygen atoms in total. The molecule has 3 amide bonds. The van der Waals surface area contributed by atoms with Crippen LogP contribution in [0.5, 0.6) is 0 Å². The topological polar surface area (TPSA) is 94.6 Å². The summed E-state index contributed by atoms with van der Waals surface area (Å²) in [5.41, 5.74) is 5.45. The van der Waals surface area contributed by atoms with E-state index in [0.717, 1.165) is 64.6 Å². The van der Waals surface area contributed by atoms with Crippen LogP contribution in [0, 0.1) is 0 Å². The third-order valence-electron chi connectivity index (χ3n) is 7.86. The van der Waals surface area contributed by atoms with Gasteiger partial charge in [0.1, 0.15) is 0 Å². The number of nitrogens with zero attached hydrogens (tertiary/aromatic N) is 3. The second-order valence-electron chi connectivity index (χ2n) is 10.7. The maximum atomic E-state index is 13.8. The molecule has 3 aliphatic rings. The molecule has 0 atom stereocenters. The summed E-state index contributed by atoms with van der Waals surface area (Å²) in [6, 6.07) is 19.1. The number of para-hydroxylation sites is 1. The summed E-state index contributed by atoms with van der Waals surface area (Å²) in [5.74, 6) is -0.343. The monoisotopic (exact) mass is 563 g/mol. The van der Waals surface area contributed by atoms with E-state index in [0.29, 0.717) is 35.8 Å². The number of nitrogens with one attached hydrogen (secondary N) is 2. The van der Waals surface area contributed by atoms with Crippen molar-refractivity contribution < 1.29 is 14.4 Å². The van der Waals surface area contributed by atoms with E-state index in [9.17, 15) is 14.4 Å². The molecule has 2 fully saturated rings. The molecule has 4 aromatic rings. The van der Waals surface area contributed by atoms with Gasteiger partial charge < -0.3 is 20.4 Å².